The number of aromatic nitrogens is 2. The van der Waals surface area contributed by atoms with E-state index in [-0.39, 0.29) is 17.5 Å². The molecule has 1 unspecified atom stereocenters. The minimum Gasteiger partial charge on any atom is -0.469 e. The van der Waals surface area contributed by atoms with Crippen molar-refractivity contribution in [3.63, 3.8) is 0 Å². The van der Waals surface area contributed by atoms with Crippen molar-refractivity contribution in [2.75, 3.05) is 38.2 Å². The van der Waals surface area contributed by atoms with Crippen molar-refractivity contribution in [2.24, 2.45) is 13.0 Å². The van der Waals surface area contributed by atoms with Crippen molar-refractivity contribution in [3.8, 4) is 11.1 Å². The highest BCUT2D eigenvalue weighted by Crippen LogP contribution is 2.43. The predicted octanol–water partition coefficient (Wildman–Crippen LogP) is 5.14. The number of benzene rings is 2. The van der Waals surface area contributed by atoms with E-state index in [2.05, 4.69) is 32.3 Å². The van der Waals surface area contributed by atoms with E-state index in [0.717, 1.165) is 81.8 Å². The molecule has 40 heavy (non-hydrogen) atoms. The number of esters is 1. The predicted molar refractivity (Wildman–Crippen MR) is 151 cm³/mol. The molecule has 1 N–H and O–H groups in total. The van der Waals surface area contributed by atoms with Gasteiger partial charge in [-0.1, -0.05) is 6.07 Å². The van der Waals surface area contributed by atoms with Crippen molar-refractivity contribution in [3.05, 3.63) is 64.5 Å². The van der Waals surface area contributed by atoms with Crippen molar-refractivity contribution in [1.29, 1.82) is 0 Å². The molecular weight excluding hydrogens is 512 g/mol. The third kappa shape index (κ3) is 5.24. The molecule has 0 radical (unpaired) electrons. The highest BCUT2D eigenvalue weighted by molar-refractivity contribution is 5.78. The summed E-state index contributed by atoms with van der Waals surface area (Å²) in [5.41, 5.74) is 8.18. The number of alkyl halides is 2. The lowest BCUT2D eigenvalue weighted by Crippen LogP contribution is -2.38. The molecule has 3 aliphatic heterocycles. The maximum Gasteiger partial charge on any atom is 0.309 e. The molecule has 0 amide bonds. The molecule has 9 heteroatoms. The van der Waals surface area contributed by atoms with Crippen LogP contribution in [0.25, 0.3) is 11.1 Å². The molecule has 3 aliphatic rings. The number of carbonyl (C=O) groups is 1. The average Bonchev–Trinajstić information content (AvgIpc) is 3.41. The van der Waals surface area contributed by atoms with Gasteiger partial charge in [-0.25, -0.2) is 8.78 Å². The summed E-state index contributed by atoms with van der Waals surface area (Å²) in [6.07, 6.45) is 5.44. The minimum atomic E-state index is -2.59. The molecule has 0 bridgehead atoms. The van der Waals surface area contributed by atoms with E-state index in [0.29, 0.717) is 17.7 Å². The number of piperidine rings is 1. The number of nitrogens with zero attached hydrogens (tertiary/aromatic N) is 4. The topological polar surface area (TPSA) is 62.6 Å². The van der Waals surface area contributed by atoms with E-state index in [1.165, 1.54) is 23.8 Å². The number of rotatable bonds is 6. The van der Waals surface area contributed by atoms with Crippen molar-refractivity contribution in [1.82, 2.24) is 20.0 Å². The Labute approximate surface area is 234 Å². The highest BCUT2D eigenvalue weighted by Gasteiger charge is 2.29. The van der Waals surface area contributed by atoms with Gasteiger partial charge in [0.05, 0.1) is 19.2 Å². The number of anilines is 2. The van der Waals surface area contributed by atoms with Gasteiger partial charge in [0, 0.05) is 61.9 Å². The van der Waals surface area contributed by atoms with Crippen molar-refractivity contribution in [2.45, 2.75) is 51.6 Å². The van der Waals surface area contributed by atoms with Crippen molar-refractivity contribution >= 4 is 17.3 Å². The summed E-state index contributed by atoms with van der Waals surface area (Å²) in [7, 11) is 3.26. The summed E-state index contributed by atoms with van der Waals surface area (Å²) in [4.78, 5) is 16.8. The molecule has 4 heterocycles. The fourth-order valence-electron chi connectivity index (χ4n) is 6.68. The SMILES string of the molecule is COC(=O)C1CCCN(Cc2cc3c(c(N4CCCc5cc(-c6cnn(C)c6)c(C(F)F)cc54)c2)CNCC3)C1. The van der Waals surface area contributed by atoms with Crippen LogP contribution in [0, 0.1) is 5.92 Å². The van der Waals surface area contributed by atoms with Gasteiger partial charge in [-0.05, 0) is 91.2 Å². The summed E-state index contributed by atoms with van der Waals surface area (Å²) >= 11 is 0. The molecule has 1 fully saturated rings. The standard InChI is InChI=1S/C31H37F2N5O2/c1-36-18-24(15-35-36)25-13-22-5-4-10-38(28(22)14-26(25)30(32)33)29-12-20(11-21-7-8-34-16-27(21)29)17-37-9-3-6-23(19-37)31(39)40-2/h11-15,18,23,30,34H,3-10,16-17,19H2,1-2H3. The van der Waals surface area contributed by atoms with Gasteiger partial charge in [-0.3, -0.25) is 14.4 Å². The Morgan fingerprint density at radius 2 is 2.00 bits per heavy atom. The van der Waals surface area contributed by atoms with Crippen LogP contribution in [-0.4, -0.2) is 53.9 Å². The van der Waals surface area contributed by atoms with E-state index >= 15 is 0 Å². The van der Waals surface area contributed by atoms with Gasteiger partial charge in [-0.2, -0.15) is 5.10 Å². The normalized spacial score (nSPS) is 19.4. The maximum atomic E-state index is 14.4. The van der Waals surface area contributed by atoms with Crippen LogP contribution in [0.3, 0.4) is 0 Å². The number of halogens is 2. The van der Waals surface area contributed by atoms with Crippen LogP contribution in [0.2, 0.25) is 0 Å². The Balaban J connectivity index is 1.38. The van der Waals surface area contributed by atoms with Crippen molar-refractivity contribution < 1.29 is 18.3 Å². The summed E-state index contributed by atoms with van der Waals surface area (Å²) in [6, 6.07) is 8.22. The Bertz CT molecular complexity index is 1400. The Hall–Kier alpha value is -3.30. The first-order valence-corrected chi connectivity index (χ1v) is 14.3. The van der Waals surface area contributed by atoms with Gasteiger partial charge in [0.2, 0.25) is 0 Å². The summed E-state index contributed by atoms with van der Waals surface area (Å²) in [5.74, 6) is -0.219. The number of carbonyl (C=O) groups excluding carboxylic acids is 1. The van der Waals surface area contributed by atoms with E-state index in [4.69, 9.17) is 4.74 Å². The monoisotopic (exact) mass is 549 g/mol. The number of hydrogen-bond acceptors (Lipinski definition) is 6. The number of aryl methyl sites for hydroxylation is 2. The highest BCUT2D eigenvalue weighted by atomic mass is 19.3. The van der Waals surface area contributed by atoms with E-state index in [9.17, 15) is 13.6 Å². The molecule has 6 rings (SSSR count). The minimum absolute atomic E-state index is 0.0453. The first kappa shape index (κ1) is 26.9. The molecule has 7 nitrogen and oxygen atoms in total. The zero-order valence-corrected chi connectivity index (χ0v) is 23.3. The van der Waals surface area contributed by atoms with Crippen LogP contribution in [0.1, 0.15) is 53.5 Å². The second-order valence-electron chi connectivity index (χ2n) is 11.3. The smallest absolute Gasteiger partial charge is 0.309 e. The molecule has 212 valence electrons. The van der Waals surface area contributed by atoms with E-state index in [1.54, 1.807) is 30.2 Å². The third-order valence-electron chi connectivity index (χ3n) is 8.61. The Kier molecular flexibility index (Phi) is 7.59. The van der Waals surface area contributed by atoms with Crippen LogP contribution in [0.5, 0.6) is 0 Å². The molecule has 0 aliphatic carbocycles. The number of likely N-dealkylation sites (tertiary alicyclic amines) is 1. The van der Waals surface area contributed by atoms with Gasteiger partial charge >= 0.3 is 5.97 Å². The molecular formula is C31H37F2N5O2. The second-order valence-corrected chi connectivity index (χ2v) is 11.3. The van der Waals surface area contributed by atoms with Crippen LogP contribution in [0.4, 0.5) is 20.2 Å². The summed E-state index contributed by atoms with van der Waals surface area (Å²) in [5, 5.41) is 7.73. The third-order valence-corrected chi connectivity index (χ3v) is 8.61. The number of nitrogens with one attached hydrogen (secondary N) is 1. The quantitative estimate of drug-likeness (QED) is 0.430. The number of fused-ring (bicyclic) bond motifs is 2. The van der Waals surface area contributed by atoms with Gasteiger partial charge in [0.25, 0.3) is 6.43 Å². The molecule has 0 spiro atoms. The van der Waals surface area contributed by atoms with E-state index in [1.807, 2.05) is 6.07 Å². The molecule has 3 aromatic rings. The van der Waals surface area contributed by atoms with Crippen LogP contribution >= 0.6 is 0 Å². The van der Waals surface area contributed by atoms with Gasteiger partial charge in [0.1, 0.15) is 0 Å². The van der Waals surface area contributed by atoms with E-state index < -0.39 is 6.43 Å². The van der Waals surface area contributed by atoms with Gasteiger partial charge in [-0.15, -0.1) is 0 Å². The first-order chi connectivity index (χ1) is 19.4. The molecule has 2 aromatic carbocycles. The number of hydrogen-bond donors (Lipinski definition) is 1. The number of ether oxygens (including phenoxy) is 1. The molecule has 1 aromatic heterocycles. The molecule has 1 atom stereocenters. The maximum absolute atomic E-state index is 14.4. The first-order valence-electron chi connectivity index (χ1n) is 14.3. The molecule has 0 saturated carbocycles. The zero-order chi connectivity index (χ0) is 27.8. The average molecular weight is 550 g/mol. The largest absolute Gasteiger partial charge is 0.469 e. The fourth-order valence-corrected chi connectivity index (χ4v) is 6.68. The van der Waals surface area contributed by atoms with Crippen LogP contribution < -0.4 is 10.2 Å². The Morgan fingerprint density at radius 3 is 2.77 bits per heavy atom. The van der Waals surface area contributed by atoms with Crippen LogP contribution in [0.15, 0.2) is 36.7 Å². The molecule has 1 saturated heterocycles. The van der Waals surface area contributed by atoms with Gasteiger partial charge in [0.15, 0.2) is 0 Å². The lowest BCUT2D eigenvalue weighted by Gasteiger charge is -2.36. The second kappa shape index (κ2) is 11.3. The lowest BCUT2D eigenvalue weighted by atomic mass is 9.90. The van der Waals surface area contributed by atoms with Crippen LogP contribution in [-0.2, 0) is 42.5 Å². The van der Waals surface area contributed by atoms with Gasteiger partial charge < -0.3 is 15.0 Å². The summed E-state index contributed by atoms with van der Waals surface area (Å²) < 4.78 is 35.5. The summed E-state index contributed by atoms with van der Waals surface area (Å²) in [6.45, 7) is 4.87. The fraction of sp³-hybridized carbons (Fsp3) is 0.484. The zero-order valence-electron chi connectivity index (χ0n) is 23.3. The Morgan fingerprint density at radius 1 is 1.12 bits per heavy atom. The number of methoxy groups -OCH3 is 1. The lowest BCUT2D eigenvalue weighted by molar-refractivity contribution is -0.147.